The minimum atomic E-state index is -0.0273. The smallest absolute Gasteiger partial charge is 0.306 e. The molecule has 0 radical (unpaired) electrons. The van der Waals surface area contributed by atoms with Gasteiger partial charge < -0.3 is 15.0 Å². The number of nitrogens with zero attached hydrogens (tertiary/aromatic N) is 1. The van der Waals surface area contributed by atoms with Gasteiger partial charge in [0, 0.05) is 31.6 Å². The monoisotopic (exact) mass is 296 g/mol. The van der Waals surface area contributed by atoms with E-state index in [0.717, 1.165) is 26.1 Å². The van der Waals surface area contributed by atoms with Crippen LogP contribution in [-0.4, -0.2) is 49.2 Å². The maximum absolute atomic E-state index is 11.8. The highest BCUT2D eigenvalue weighted by Gasteiger charge is 2.30. The van der Waals surface area contributed by atoms with E-state index in [4.69, 9.17) is 4.74 Å². The van der Waals surface area contributed by atoms with Gasteiger partial charge in [-0.25, -0.2) is 0 Å². The molecule has 4 nitrogen and oxygen atoms in total. The zero-order chi connectivity index (χ0) is 15.1. The second-order valence-electron chi connectivity index (χ2n) is 6.72. The quantitative estimate of drug-likeness (QED) is 0.733. The molecule has 2 aliphatic rings. The number of ether oxygens (including phenoxy) is 1. The highest BCUT2D eigenvalue weighted by Crippen LogP contribution is 2.24. The molecular formula is C17H32N2O2. The van der Waals surface area contributed by atoms with Crippen molar-refractivity contribution in [2.75, 3.05) is 26.2 Å². The van der Waals surface area contributed by atoms with Crippen molar-refractivity contribution < 1.29 is 9.53 Å². The topological polar surface area (TPSA) is 41.6 Å². The Morgan fingerprint density at radius 1 is 1.19 bits per heavy atom. The summed E-state index contributed by atoms with van der Waals surface area (Å²) in [5.41, 5.74) is 0. The number of hydrogen-bond donors (Lipinski definition) is 1. The average Bonchev–Trinajstić information content (AvgIpc) is 2.92. The lowest BCUT2D eigenvalue weighted by Crippen LogP contribution is -2.51. The van der Waals surface area contributed by atoms with E-state index < -0.39 is 0 Å². The molecule has 2 fully saturated rings. The van der Waals surface area contributed by atoms with Crippen LogP contribution in [0.1, 0.15) is 58.8 Å². The van der Waals surface area contributed by atoms with E-state index in [1.165, 1.54) is 32.1 Å². The van der Waals surface area contributed by atoms with Crippen LogP contribution < -0.4 is 5.32 Å². The van der Waals surface area contributed by atoms with Crippen molar-refractivity contribution in [1.82, 2.24) is 10.2 Å². The van der Waals surface area contributed by atoms with E-state index >= 15 is 0 Å². The number of esters is 1. The van der Waals surface area contributed by atoms with Crippen molar-refractivity contribution in [3.8, 4) is 0 Å². The van der Waals surface area contributed by atoms with Crippen LogP contribution in [0.3, 0.4) is 0 Å². The third-order valence-corrected chi connectivity index (χ3v) is 4.74. The summed E-state index contributed by atoms with van der Waals surface area (Å²) in [5.74, 6) is 0.420. The first-order valence-electron chi connectivity index (χ1n) is 8.85. The van der Waals surface area contributed by atoms with Crippen LogP contribution in [0, 0.1) is 5.92 Å². The van der Waals surface area contributed by atoms with Gasteiger partial charge in [0.15, 0.2) is 0 Å². The van der Waals surface area contributed by atoms with Crippen LogP contribution >= 0.6 is 0 Å². The maximum Gasteiger partial charge on any atom is 0.306 e. The molecule has 1 saturated heterocycles. The van der Waals surface area contributed by atoms with Crippen molar-refractivity contribution in [1.29, 1.82) is 0 Å². The Kier molecular flexibility index (Phi) is 6.97. The lowest BCUT2D eigenvalue weighted by Gasteiger charge is -2.39. The number of likely N-dealkylation sites (tertiary alicyclic amines) is 1. The number of piperidine rings is 1. The lowest BCUT2D eigenvalue weighted by molar-refractivity contribution is -0.144. The first-order valence-corrected chi connectivity index (χ1v) is 8.85. The zero-order valence-electron chi connectivity index (χ0n) is 13.8. The van der Waals surface area contributed by atoms with Gasteiger partial charge in [0.1, 0.15) is 0 Å². The Morgan fingerprint density at radius 3 is 2.62 bits per heavy atom. The molecule has 2 rings (SSSR count). The summed E-state index contributed by atoms with van der Waals surface area (Å²) >= 11 is 0. The van der Waals surface area contributed by atoms with E-state index in [2.05, 4.69) is 17.1 Å². The molecule has 21 heavy (non-hydrogen) atoms. The van der Waals surface area contributed by atoms with Gasteiger partial charge in [-0.05, 0) is 45.1 Å². The molecule has 0 aromatic heterocycles. The van der Waals surface area contributed by atoms with Crippen LogP contribution in [0.15, 0.2) is 0 Å². The summed E-state index contributed by atoms with van der Waals surface area (Å²) in [7, 11) is 0. The van der Waals surface area contributed by atoms with E-state index in [-0.39, 0.29) is 5.97 Å². The Bertz CT molecular complexity index is 316. The standard InChI is InChI=1S/C17H32N2O2/c1-3-9-19-12-14(11-17(20)21-4-2)10-16(13-19)18-15-7-5-6-8-15/h14-16,18H,3-13H2,1-2H3. The van der Waals surface area contributed by atoms with Gasteiger partial charge in [0.2, 0.25) is 0 Å². The van der Waals surface area contributed by atoms with E-state index in [1.807, 2.05) is 6.92 Å². The fourth-order valence-corrected chi connectivity index (χ4v) is 3.95. The number of nitrogens with one attached hydrogen (secondary N) is 1. The molecule has 0 spiro atoms. The SMILES string of the molecule is CCCN1CC(CC(=O)OCC)CC(NC2CCCC2)C1. The van der Waals surface area contributed by atoms with Crippen LogP contribution in [0.25, 0.3) is 0 Å². The molecule has 1 N–H and O–H groups in total. The van der Waals surface area contributed by atoms with Crippen molar-refractivity contribution >= 4 is 5.97 Å². The van der Waals surface area contributed by atoms with Gasteiger partial charge in [-0.2, -0.15) is 0 Å². The highest BCUT2D eigenvalue weighted by atomic mass is 16.5. The van der Waals surface area contributed by atoms with E-state index in [9.17, 15) is 4.79 Å². The van der Waals surface area contributed by atoms with Crippen LogP contribution in [0.2, 0.25) is 0 Å². The summed E-state index contributed by atoms with van der Waals surface area (Å²) < 4.78 is 5.13. The molecule has 0 amide bonds. The van der Waals surface area contributed by atoms with Gasteiger partial charge in [-0.3, -0.25) is 4.79 Å². The summed E-state index contributed by atoms with van der Waals surface area (Å²) in [6, 6.07) is 1.26. The molecule has 0 bridgehead atoms. The van der Waals surface area contributed by atoms with Crippen LogP contribution in [0.5, 0.6) is 0 Å². The van der Waals surface area contributed by atoms with E-state index in [1.54, 1.807) is 0 Å². The molecule has 1 saturated carbocycles. The summed E-state index contributed by atoms with van der Waals surface area (Å²) in [6.45, 7) is 7.94. The fraction of sp³-hybridized carbons (Fsp3) is 0.941. The van der Waals surface area contributed by atoms with Gasteiger partial charge in [-0.15, -0.1) is 0 Å². The van der Waals surface area contributed by atoms with Crippen LogP contribution in [-0.2, 0) is 9.53 Å². The Morgan fingerprint density at radius 2 is 1.95 bits per heavy atom. The minimum Gasteiger partial charge on any atom is -0.466 e. The predicted octanol–water partition coefficient (Wildman–Crippen LogP) is 2.57. The summed E-state index contributed by atoms with van der Waals surface area (Å²) in [5, 5.41) is 3.85. The molecule has 1 aliphatic heterocycles. The van der Waals surface area contributed by atoms with Crippen molar-refractivity contribution in [2.45, 2.75) is 70.9 Å². The molecule has 0 aromatic rings. The largest absolute Gasteiger partial charge is 0.466 e. The van der Waals surface area contributed by atoms with Gasteiger partial charge >= 0.3 is 5.97 Å². The molecule has 1 aliphatic carbocycles. The van der Waals surface area contributed by atoms with Crippen molar-refractivity contribution in [3.05, 3.63) is 0 Å². The Balaban J connectivity index is 1.85. The maximum atomic E-state index is 11.8. The molecule has 122 valence electrons. The third kappa shape index (κ3) is 5.59. The predicted molar refractivity (Wildman–Crippen MR) is 85.3 cm³/mol. The zero-order valence-corrected chi connectivity index (χ0v) is 13.8. The molecule has 2 unspecified atom stereocenters. The first kappa shape index (κ1) is 16.8. The second kappa shape index (κ2) is 8.74. The molecule has 4 heteroatoms. The Labute approximate surface area is 129 Å². The van der Waals surface area contributed by atoms with Crippen molar-refractivity contribution in [3.63, 3.8) is 0 Å². The number of carbonyl (C=O) groups excluding carboxylic acids is 1. The minimum absolute atomic E-state index is 0.0273. The van der Waals surface area contributed by atoms with Gasteiger partial charge in [0.05, 0.1) is 6.61 Å². The van der Waals surface area contributed by atoms with E-state index in [0.29, 0.717) is 31.0 Å². The van der Waals surface area contributed by atoms with Gasteiger partial charge in [0.25, 0.3) is 0 Å². The highest BCUT2D eigenvalue weighted by molar-refractivity contribution is 5.69. The number of hydrogen-bond acceptors (Lipinski definition) is 4. The third-order valence-electron chi connectivity index (χ3n) is 4.74. The lowest BCUT2D eigenvalue weighted by atomic mass is 9.90. The summed E-state index contributed by atoms with van der Waals surface area (Å²) in [4.78, 5) is 14.3. The van der Waals surface area contributed by atoms with Gasteiger partial charge in [-0.1, -0.05) is 19.8 Å². The molecule has 2 atom stereocenters. The molecule has 1 heterocycles. The Hall–Kier alpha value is -0.610. The van der Waals surface area contributed by atoms with Crippen LogP contribution in [0.4, 0.5) is 0 Å². The summed E-state index contributed by atoms with van der Waals surface area (Å²) in [6.07, 6.45) is 8.28. The number of carbonyl (C=O) groups is 1. The molecular weight excluding hydrogens is 264 g/mol. The number of rotatable bonds is 7. The normalized spacial score (nSPS) is 27.9. The molecule has 0 aromatic carbocycles. The van der Waals surface area contributed by atoms with Crippen molar-refractivity contribution in [2.24, 2.45) is 5.92 Å². The fourth-order valence-electron chi connectivity index (χ4n) is 3.95. The average molecular weight is 296 g/mol. The first-order chi connectivity index (χ1) is 10.2. The second-order valence-corrected chi connectivity index (χ2v) is 6.72.